The maximum atomic E-state index is 11.7. The lowest BCUT2D eigenvalue weighted by atomic mass is 10.2. The van der Waals surface area contributed by atoms with Crippen molar-refractivity contribution in [2.75, 3.05) is 6.54 Å². The third-order valence-corrected chi connectivity index (χ3v) is 2.79. The minimum Gasteiger partial charge on any atom is -0.507 e. The molecule has 6 heteroatoms. The van der Waals surface area contributed by atoms with Crippen LogP contribution in [0.15, 0.2) is 18.2 Å². The highest BCUT2D eigenvalue weighted by Gasteiger charge is 2.23. The van der Waals surface area contributed by atoms with E-state index in [0.29, 0.717) is 5.02 Å². The fourth-order valence-corrected chi connectivity index (χ4v) is 1.62. The van der Waals surface area contributed by atoms with Crippen molar-refractivity contribution in [1.29, 1.82) is 0 Å². The van der Waals surface area contributed by atoms with E-state index in [1.54, 1.807) is 0 Å². The van der Waals surface area contributed by atoms with E-state index in [-0.39, 0.29) is 29.8 Å². The number of phenolic OH excluding ortho intramolecular Hbond substituents is 1. The summed E-state index contributed by atoms with van der Waals surface area (Å²) in [4.78, 5) is 23.1. The molecular formula is C12H13ClN2O3. The van der Waals surface area contributed by atoms with Gasteiger partial charge in [0.05, 0.1) is 12.1 Å². The number of phenols is 1. The fourth-order valence-electron chi connectivity index (χ4n) is 1.45. The van der Waals surface area contributed by atoms with Gasteiger partial charge in [-0.25, -0.2) is 0 Å². The van der Waals surface area contributed by atoms with Crippen molar-refractivity contribution in [1.82, 2.24) is 10.6 Å². The molecule has 0 unspecified atom stereocenters. The lowest BCUT2D eigenvalue weighted by molar-refractivity contribution is -0.120. The van der Waals surface area contributed by atoms with Crippen LogP contribution in [0.4, 0.5) is 0 Å². The number of carbonyl (C=O) groups is 2. The smallest absolute Gasteiger partial charge is 0.255 e. The summed E-state index contributed by atoms with van der Waals surface area (Å²) in [6.07, 6.45) is 1.99. The van der Waals surface area contributed by atoms with Crippen LogP contribution in [0.5, 0.6) is 5.75 Å². The Labute approximate surface area is 109 Å². The van der Waals surface area contributed by atoms with Crippen LogP contribution >= 0.6 is 11.6 Å². The molecule has 3 N–H and O–H groups in total. The first-order chi connectivity index (χ1) is 8.56. The summed E-state index contributed by atoms with van der Waals surface area (Å²) < 4.78 is 0. The Kier molecular flexibility index (Phi) is 3.72. The summed E-state index contributed by atoms with van der Waals surface area (Å²) in [5.74, 6) is -0.923. The van der Waals surface area contributed by atoms with Crippen molar-refractivity contribution < 1.29 is 14.7 Å². The van der Waals surface area contributed by atoms with Crippen LogP contribution in [0.2, 0.25) is 5.02 Å². The monoisotopic (exact) mass is 268 g/mol. The van der Waals surface area contributed by atoms with Crippen LogP contribution in [0, 0.1) is 0 Å². The maximum Gasteiger partial charge on any atom is 0.255 e. The number of halogens is 1. The van der Waals surface area contributed by atoms with Crippen molar-refractivity contribution in [2.45, 2.75) is 18.9 Å². The Balaban J connectivity index is 1.90. The fraction of sp³-hybridized carbons (Fsp3) is 0.333. The van der Waals surface area contributed by atoms with Gasteiger partial charge in [-0.15, -0.1) is 0 Å². The predicted octanol–water partition coefficient (Wildman–Crippen LogP) is 1.05. The Morgan fingerprint density at radius 3 is 2.78 bits per heavy atom. The first kappa shape index (κ1) is 12.7. The Hall–Kier alpha value is -1.75. The van der Waals surface area contributed by atoms with Crippen molar-refractivity contribution in [3.8, 4) is 5.75 Å². The average molecular weight is 269 g/mol. The lowest BCUT2D eigenvalue weighted by Crippen LogP contribution is -2.37. The van der Waals surface area contributed by atoms with Gasteiger partial charge >= 0.3 is 0 Å². The van der Waals surface area contributed by atoms with Crippen LogP contribution in [-0.4, -0.2) is 29.5 Å². The molecule has 1 aliphatic rings. The molecule has 0 saturated heterocycles. The topological polar surface area (TPSA) is 78.4 Å². The van der Waals surface area contributed by atoms with E-state index in [0.717, 1.165) is 12.8 Å². The molecule has 2 amide bonds. The zero-order valence-electron chi connectivity index (χ0n) is 9.57. The van der Waals surface area contributed by atoms with Crippen molar-refractivity contribution >= 4 is 23.4 Å². The van der Waals surface area contributed by atoms with Gasteiger partial charge in [0.25, 0.3) is 5.91 Å². The van der Waals surface area contributed by atoms with Gasteiger partial charge in [-0.2, -0.15) is 0 Å². The van der Waals surface area contributed by atoms with Gasteiger partial charge in [0.1, 0.15) is 5.75 Å². The summed E-state index contributed by atoms with van der Waals surface area (Å²) in [5.41, 5.74) is 0.0571. The minimum atomic E-state index is -0.527. The van der Waals surface area contributed by atoms with E-state index in [4.69, 9.17) is 11.6 Å². The molecule has 0 aliphatic heterocycles. The third-order valence-electron chi connectivity index (χ3n) is 2.56. The predicted molar refractivity (Wildman–Crippen MR) is 66.6 cm³/mol. The summed E-state index contributed by atoms with van der Waals surface area (Å²) in [6.45, 7) is -0.110. The highest BCUT2D eigenvalue weighted by Crippen LogP contribution is 2.21. The number of hydrogen-bond donors (Lipinski definition) is 3. The Morgan fingerprint density at radius 1 is 1.39 bits per heavy atom. The molecule has 0 atom stereocenters. The van der Waals surface area contributed by atoms with Crippen molar-refractivity contribution in [3.63, 3.8) is 0 Å². The van der Waals surface area contributed by atoms with Gasteiger partial charge in [0.15, 0.2) is 0 Å². The van der Waals surface area contributed by atoms with E-state index in [2.05, 4.69) is 10.6 Å². The van der Waals surface area contributed by atoms with E-state index in [1.165, 1.54) is 18.2 Å². The van der Waals surface area contributed by atoms with E-state index >= 15 is 0 Å². The summed E-state index contributed by atoms with van der Waals surface area (Å²) in [6, 6.07) is 4.42. The molecule has 0 heterocycles. The van der Waals surface area contributed by atoms with Crippen LogP contribution < -0.4 is 10.6 Å². The number of hydrogen-bond acceptors (Lipinski definition) is 3. The normalized spacial score (nSPS) is 14.1. The molecule has 18 heavy (non-hydrogen) atoms. The van der Waals surface area contributed by atoms with Gasteiger partial charge in [0.2, 0.25) is 5.91 Å². The second-order valence-electron chi connectivity index (χ2n) is 4.19. The summed E-state index contributed by atoms with van der Waals surface area (Å²) in [5, 5.41) is 15.0. The maximum absolute atomic E-state index is 11.7. The van der Waals surface area contributed by atoms with Gasteiger partial charge < -0.3 is 15.7 Å². The standard InChI is InChI=1S/C12H13ClN2O3/c13-7-1-4-10(16)9(5-7)12(18)14-6-11(17)15-8-2-3-8/h1,4-5,8,16H,2-3,6H2,(H,14,18)(H,15,17). The molecule has 5 nitrogen and oxygen atoms in total. The number of carbonyl (C=O) groups excluding carboxylic acids is 2. The molecule has 0 bridgehead atoms. The van der Waals surface area contributed by atoms with Crippen LogP contribution in [0.25, 0.3) is 0 Å². The minimum absolute atomic E-state index is 0.0571. The molecular weight excluding hydrogens is 256 g/mol. The van der Waals surface area contributed by atoms with Crippen LogP contribution in [0.1, 0.15) is 23.2 Å². The van der Waals surface area contributed by atoms with Gasteiger partial charge in [0, 0.05) is 11.1 Å². The lowest BCUT2D eigenvalue weighted by Gasteiger charge is -2.07. The zero-order valence-corrected chi connectivity index (χ0v) is 10.3. The van der Waals surface area contributed by atoms with Crippen molar-refractivity contribution in [2.24, 2.45) is 0 Å². The Morgan fingerprint density at radius 2 is 2.11 bits per heavy atom. The molecule has 1 aromatic carbocycles. The van der Waals surface area contributed by atoms with Gasteiger partial charge in [-0.1, -0.05) is 11.6 Å². The summed E-state index contributed by atoms with van der Waals surface area (Å²) in [7, 11) is 0. The van der Waals surface area contributed by atoms with E-state index in [9.17, 15) is 14.7 Å². The molecule has 1 aliphatic carbocycles. The second-order valence-corrected chi connectivity index (χ2v) is 4.62. The first-order valence-corrected chi connectivity index (χ1v) is 6.00. The number of benzene rings is 1. The SMILES string of the molecule is O=C(CNC(=O)c1cc(Cl)ccc1O)NC1CC1. The van der Waals surface area contributed by atoms with E-state index in [1.807, 2.05) is 0 Å². The number of amides is 2. The number of aromatic hydroxyl groups is 1. The molecule has 96 valence electrons. The molecule has 1 saturated carbocycles. The second kappa shape index (κ2) is 5.27. The first-order valence-electron chi connectivity index (χ1n) is 5.62. The molecule has 1 aromatic rings. The largest absolute Gasteiger partial charge is 0.507 e. The highest BCUT2D eigenvalue weighted by molar-refractivity contribution is 6.31. The van der Waals surface area contributed by atoms with Gasteiger partial charge in [-0.05, 0) is 31.0 Å². The Bertz CT molecular complexity index is 486. The third kappa shape index (κ3) is 3.37. The van der Waals surface area contributed by atoms with Gasteiger partial charge in [-0.3, -0.25) is 9.59 Å². The van der Waals surface area contributed by atoms with Crippen LogP contribution in [0.3, 0.4) is 0 Å². The molecule has 0 aromatic heterocycles. The zero-order chi connectivity index (χ0) is 13.1. The molecule has 0 radical (unpaired) electrons. The highest BCUT2D eigenvalue weighted by atomic mass is 35.5. The van der Waals surface area contributed by atoms with E-state index < -0.39 is 5.91 Å². The number of nitrogens with one attached hydrogen (secondary N) is 2. The summed E-state index contributed by atoms with van der Waals surface area (Å²) >= 11 is 5.73. The molecule has 1 fully saturated rings. The molecule has 0 spiro atoms. The molecule has 2 rings (SSSR count). The van der Waals surface area contributed by atoms with Crippen LogP contribution in [-0.2, 0) is 4.79 Å². The number of rotatable bonds is 4. The quantitative estimate of drug-likeness (QED) is 0.764. The van der Waals surface area contributed by atoms with Crippen molar-refractivity contribution in [3.05, 3.63) is 28.8 Å². The average Bonchev–Trinajstić information content (AvgIpc) is 3.13.